The molecule has 0 heterocycles. The van der Waals surface area contributed by atoms with E-state index in [-0.39, 0.29) is 5.91 Å². The van der Waals surface area contributed by atoms with Gasteiger partial charge in [-0.2, -0.15) is 0 Å². The maximum atomic E-state index is 12.6. The number of carbonyl (C=O) groups excluding carboxylic acids is 2. The molecule has 1 amide bonds. The van der Waals surface area contributed by atoms with Gasteiger partial charge in [0.1, 0.15) is 0 Å². The van der Waals surface area contributed by atoms with Crippen molar-refractivity contribution in [1.82, 2.24) is 0 Å². The Bertz CT molecular complexity index is 759. The normalized spacial score (nSPS) is 11.3. The van der Waals surface area contributed by atoms with Crippen molar-refractivity contribution < 1.29 is 23.8 Å². The van der Waals surface area contributed by atoms with Gasteiger partial charge in [0, 0.05) is 5.69 Å². The fourth-order valence-corrected chi connectivity index (χ4v) is 2.35. The molecule has 6 nitrogen and oxygen atoms in total. The summed E-state index contributed by atoms with van der Waals surface area (Å²) >= 11 is 0. The second-order valence-corrected chi connectivity index (χ2v) is 5.46. The van der Waals surface area contributed by atoms with Crippen molar-refractivity contribution in [2.45, 2.75) is 26.4 Å². The zero-order valence-electron chi connectivity index (χ0n) is 15.2. The smallest absolute Gasteiger partial charge is 0.338 e. The van der Waals surface area contributed by atoms with Gasteiger partial charge >= 0.3 is 5.97 Å². The van der Waals surface area contributed by atoms with Crippen LogP contribution in [-0.2, 0) is 9.53 Å². The van der Waals surface area contributed by atoms with Gasteiger partial charge in [-0.05, 0) is 43.7 Å². The number of ether oxygens (including phenoxy) is 3. The first-order valence-electron chi connectivity index (χ1n) is 8.46. The van der Waals surface area contributed by atoms with Crippen LogP contribution in [0.2, 0.25) is 0 Å². The molecule has 0 bridgehead atoms. The largest absolute Gasteiger partial charge is 0.493 e. The van der Waals surface area contributed by atoms with E-state index >= 15 is 0 Å². The number of rotatable bonds is 8. The maximum Gasteiger partial charge on any atom is 0.338 e. The molecule has 2 aromatic rings. The number of hydrogen-bond donors (Lipinski definition) is 1. The Hall–Kier alpha value is -3.02. The zero-order chi connectivity index (χ0) is 18.9. The van der Waals surface area contributed by atoms with Gasteiger partial charge in [-0.3, -0.25) is 4.79 Å². The molecule has 1 atom stereocenters. The Morgan fingerprint density at radius 3 is 2.42 bits per heavy atom. The summed E-state index contributed by atoms with van der Waals surface area (Å²) in [6.45, 7) is 3.89. The second kappa shape index (κ2) is 9.46. The Morgan fingerprint density at radius 1 is 1.04 bits per heavy atom. The van der Waals surface area contributed by atoms with E-state index in [2.05, 4.69) is 5.32 Å². The highest BCUT2D eigenvalue weighted by Crippen LogP contribution is 2.27. The highest BCUT2D eigenvalue weighted by molar-refractivity contribution is 5.96. The third kappa shape index (κ3) is 4.99. The lowest BCUT2D eigenvalue weighted by atomic mass is 10.2. The van der Waals surface area contributed by atoms with Crippen LogP contribution in [0.3, 0.4) is 0 Å². The third-order valence-electron chi connectivity index (χ3n) is 3.64. The first-order valence-corrected chi connectivity index (χ1v) is 8.46. The minimum Gasteiger partial charge on any atom is -0.493 e. The number of esters is 1. The lowest BCUT2D eigenvalue weighted by molar-refractivity contribution is -0.122. The predicted molar refractivity (Wildman–Crippen MR) is 98.7 cm³/mol. The highest BCUT2D eigenvalue weighted by Gasteiger charge is 2.20. The lowest BCUT2D eigenvalue weighted by Gasteiger charge is -2.19. The van der Waals surface area contributed by atoms with Crippen molar-refractivity contribution in [3.63, 3.8) is 0 Å². The molecule has 0 spiro atoms. The molecule has 2 aromatic carbocycles. The van der Waals surface area contributed by atoms with Crippen molar-refractivity contribution in [3.05, 3.63) is 54.1 Å². The second-order valence-electron chi connectivity index (χ2n) is 5.46. The summed E-state index contributed by atoms with van der Waals surface area (Å²) in [6, 6.07) is 13.8. The van der Waals surface area contributed by atoms with Gasteiger partial charge in [-0.25, -0.2) is 4.79 Å². The van der Waals surface area contributed by atoms with Crippen LogP contribution in [-0.4, -0.2) is 31.7 Å². The molecule has 0 aliphatic carbocycles. The average Bonchev–Trinajstić information content (AvgIpc) is 2.66. The van der Waals surface area contributed by atoms with Crippen molar-refractivity contribution in [1.29, 1.82) is 0 Å². The molecule has 6 heteroatoms. The quantitative estimate of drug-likeness (QED) is 0.730. The lowest BCUT2D eigenvalue weighted by Crippen LogP contribution is -2.32. The summed E-state index contributed by atoms with van der Waals surface area (Å²) in [5.41, 5.74) is 0.881. The minimum absolute atomic E-state index is 0.292. The van der Waals surface area contributed by atoms with Gasteiger partial charge in [0.25, 0.3) is 5.91 Å². The Kier molecular flexibility index (Phi) is 7.02. The Morgan fingerprint density at radius 2 is 1.77 bits per heavy atom. The van der Waals surface area contributed by atoms with Gasteiger partial charge in [-0.1, -0.05) is 25.1 Å². The van der Waals surface area contributed by atoms with Crippen LogP contribution in [0, 0.1) is 0 Å². The van der Waals surface area contributed by atoms with Gasteiger partial charge in [0.2, 0.25) is 0 Å². The van der Waals surface area contributed by atoms with Crippen LogP contribution in [0.5, 0.6) is 11.5 Å². The van der Waals surface area contributed by atoms with E-state index in [4.69, 9.17) is 14.2 Å². The van der Waals surface area contributed by atoms with Crippen LogP contribution < -0.4 is 14.8 Å². The molecule has 0 radical (unpaired) electrons. The molecule has 138 valence electrons. The molecule has 1 N–H and O–H groups in total. The van der Waals surface area contributed by atoms with Crippen molar-refractivity contribution >= 4 is 17.6 Å². The summed E-state index contributed by atoms with van der Waals surface area (Å²) in [7, 11) is 1.55. The van der Waals surface area contributed by atoms with Crippen LogP contribution in [0.1, 0.15) is 30.6 Å². The average molecular weight is 357 g/mol. The van der Waals surface area contributed by atoms with E-state index in [9.17, 15) is 9.59 Å². The fourth-order valence-electron chi connectivity index (χ4n) is 2.35. The Labute approximate surface area is 153 Å². The highest BCUT2D eigenvalue weighted by atomic mass is 16.5. The number of amides is 1. The van der Waals surface area contributed by atoms with Crippen LogP contribution in [0.25, 0.3) is 0 Å². The van der Waals surface area contributed by atoms with Gasteiger partial charge in [-0.15, -0.1) is 0 Å². The van der Waals surface area contributed by atoms with Crippen LogP contribution in [0.4, 0.5) is 5.69 Å². The first kappa shape index (κ1) is 19.3. The molecule has 26 heavy (non-hydrogen) atoms. The number of methoxy groups -OCH3 is 1. The van der Waals surface area contributed by atoms with Crippen LogP contribution >= 0.6 is 0 Å². The Balaban J connectivity index is 2.09. The van der Waals surface area contributed by atoms with Gasteiger partial charge in [0.05, 0.1) is 19.3 Å². The number of hydrogen-bond acceptors (Lipinski definition) is 5. The van der Waals surface area contributed by atoms with E-state index in [0.29, 0.717) is 35.8 Å². The molecule has 0 saturated heterocycles. The number of para-hydroxylation sites is 2. The van der Waals surface area contributed by atoms with E-state index < -0.39 is 12.1 Å². The molecule has 0 aliphatic rings. The van der Waals surface area contributed by atoms with E-state index in [1.165, 1.54) is 0 Å². The van der Waals surface area contributed by atoms with E-state index in [1.54, 1.807) is 50.4 Å². The third-order valence-corrected chi connectivity index (χ3v) is 3.64. The number of benzene rings is 2. The molecule has 0 aromatic heterocycles. The minimum atomic E-state index is -0.697. The zero-order valence-corrected chi connectivity index (χ0v) is 15.2. The van der Waals surface area contributed by atoms with E-state index in [1.807, 2.05) is 19.1 Å². The fraction of sp³-hybridized carbons (Fsp3) is 0.300. The topological polar surface area (TPSA) is 73.9 Å². The first-order chi connectivity index (χ1) is 12.6. The van der Waals surface area contributed by atoms with Crippen molar-refractivity contribution in [3.8, 4) is 11.5 Å². The molecule has 0 aliphatic heterocycles. The van der Waals surface area contributed by atoms with Crippen molar-refractivity contribution in [2.24, 2.45) is 0 Å². The molecule has 0 fully saturated rings. The van der Waals surface area contributed by atoms with Gasteiger partial charge < -0.3 is 19.5 Å². The van der Waals surface area contributed by atoms with Gasteiger partial charge in [0.15, 0.2) is 17.6 Å². The summed E-state index contributed by atoms with van der Waals surface area (Å²) in [5.74, 6) is 0.320. The molecular weight excluding hydrogens is 334 g/mol. The standard InChI is InChI=1S/C20H23NO5/c1-4-16(26-18-12-7-6-11-17(18)24-3)19(22)21-15-10-8-9-14(13-15)20(23)25-5-2/h6-13,16H,4-5H2,1-3H3,(H,21,22). The molecule has 1 unspecified atom stereocenters. The molecular formula is C20H23NO5. The van der Waals surface area contributed by atoms with Crippen LogP contribution in [0.15, 0.2) is 48.5 Å². The van der Waals surface area contributed by atoms with Crippen molar-refractivity contribution in [2.75, 3.05) is 19.0 Å². The number of nitrogens with one attached hydrogen (secondary N) is 1. The maximum absolute atomic E-state index is 12.6. The summed E-state index contributed by atoms with van der Waals surface area (Å²) in [6.07, 6.45) is -0.223. The summed E-state index contributed by atoms with van der Waals surface area (Å²) < 4.78 is 16.0. The number of anilines is 1. The summed E-state index contributed by atoms with van der Waals surface area (Å²) in [4.78, 5) is 24.4. The van der Waals surface area contributed by atoms with E-state index in [0.717, 1.165) is 0 Å². The molecule has 2 rings (SSSR count). The predicted octanol–water partition coefficient (Wildman–Crippen LogP) is 3.67. The molecule has 0 saturated carbocycles. The monoisotopic (exact) mass is 357 g/mol. The number of carbonyl (C=O) groups is 2. The SMILES string of the molecule is CCOC(=O)c1cccc(NC(=O)C(CC)Oc2ccccc2OC)c1. The summed E-state index contributed by atoms with van der Waals surface area (Å²) in [5, 5.41) is 2.78.